The third-order valence-corrected chi connectivity index (χ3v) is 1.69. The summed E-state index contributed by atoms with van der Waals surface area (Å²) >= 11 is 0. The minimum absolute atomic E-state index is 0.169. The van der Waals surface area contributed by atoms with Gasteiger partial charge in [-0.25, -0.2) is 0 Å². The molecule has 0 atom stereocenters. The van der Waals surface area contributed by atoms with Crippen LogP contribution in [0.4, 0.5) is 5.69 Å². The van der Waals surface area contributed by atoms with E-state index in [2.05, 4.69) is 5.32 Å². The van der Waals surface area contributed by atoms with Crippen LogP contribution in [0.5, 0.6) is 0 Å². The summed E-state index contributed by atoms with van der Waals surface area (Å²) in [7, 11) is 3.27. The predicted molar refractivity (Wildman–Crippen MR) is 46.6 cm³/mol. The van der Waals surface area contributed by atoms with Crippen molar-refractivity contribution in [2.24, 2.45) is 7.05 Å². The Hall–Kier alpha value is -1.58. The van der Waals surface area contributed by atoms with Crippen LogP contribution in [0.15, 0.2) is 17.1 Å². The second-order valence-electron chi connectivity index (χ2n) is 2.43. The van der Waals surface area contributed by atoms with Gasteiger partial charge in [0.1, 0.15) is 5.56 Å². The second kappa shape index (κ2) is 3.21. The number of pyridine rings is 1. The van der Waals surface area contributed by atoms with Gasteiger partial charge in [-0.3, -0.25) is 9.59 Å². The Bertz CT molecular complexity index is 355. The molecule has 1 N–H and O–H groups in total. The number of aromatic nitrogens is 1. The van der Waals surface area contributed by atoms with Gasteiger partial charge in [-0.05, 0) is 6.07 Å². The number of hydrogen-bond donors (Lipinski definition) is 1. The van der Waals surface area contributed by atoms with Crippen molar-refractivity contribution >= 4 is 12.0 Å². The Kier molecular flexibility index (Phi) is 2.28. The fraction of sp³-hybridized carbons (Fsp3) is 0.250. The molecule has 0 saturated heterocycles. The molecule has 64 valence electrons. The molecule has 0 unspecified atom stereocenters. The summed E-state index contributed by atoms with van der Waals surface area (Å²) in [5.41, 5.74) is 0.451. The van der Waals surface area contributed by atoms with E-state index in [1.807, 2.05) is 0 Å². The van der Waals surface area contributed by atoms with Crippen LogP contribution >= 0.6 is 0 Å². The summed E-state index contributed by atoms with van der Waals surface area (Å²) in [6.45, 7) is 0. The molecule has 1 rings (SSSR count). The normalized spacial score (nSPS) is 9.50. The largest absolute Gasteiger partial charge is 0.387 e. The molecule has 0 saturated carbocycles. The molecule has 0 aliphatic heterocycles. The van der Waals surface area contributed by atoms with Gasteiger partial charge in [-0.1, -0.05) is 0 Å². The quantitative estimate of drug-likeness (QED) is 0.640. The van der Waals surface area contributed by atoms with E-state index in [1.54, 1.807) is 26.4 Å². The lowest BCUT2D eigenvalue weighted by molar-refractivity contribution is 0.112. The average Bonchev–Trinajstić information content (AvgIpc) is 2.09. The van der Waals surface area contributed by atoms with Crippen LogP contribution in [-0.2, 0) is 7.05 Å². The number of anilines is 1. The minimum atomic E-state index is -0.281. The molecular weight excluding hydrogens is 156 g/mol. The molecule has 1 aromatic rings. The zero-order valence-corrected chi connectivity index (χ0v) is 7.00. The maximum Gasteiger partial charge on any atom is 0.262 e. The molecule has 0 spiro atoms. The van der Waals surface area contributed by atoms with Crippen LogP contribution in [0.3, 0.4) is 0 Å². The van der Waals surface area contributed by atoms with Crippen molar-refractivity contribution in [2.75, 3.05) is 12.4 Å². The fourth-order valence-corrected chi connectivity index (χ4v) is 0.981. The van der Waals surface area contributed by atoms with Crippen molar-refractivity contribution in [2.45, 2.75) is 0 Å². The molecule has 4 nitrogen and oxygen atoms in total. The van der Waals surface area contributed by atoms with E-state index in [9.17, 15) is 9.59 Å². The van der Waals surface area contributed by atoms with Gasteiger partial charge in [0, 0.05) is 20.3 Å². The smallest absolute Gasteiger partial charge is 0.262 e. The number of rotatable bonds is 2. The van der Waals surface area contributed by atoms with Crippen molar-refractivity contribution < 1.29 is 4.79 Å². The second-order valence-corrected chi connectivity index (χ2v) is 2.43. The van der Waals surface area contributed by atoms with E-state index in [-0.39, 0.29) is 11.1 Å². The number of nitrogens with zero attached hydrogens (tertiary/aromatic N) is 1. The molecule has 0 bridgehead atoms. The maximum absolute atomic E-state index is 11.3. The fourth-order valence-electron chi connectivity index (χ4n) is 0.981. The Morgan fingerprint density at radius 2 is 2.25 bits per heavy atom. The Labute approximate surface area is 69.8 Å². The number of aryl methyl sites for hydroxylation is 1. The first kappa shape index (κ1) is 8.52. The SMILES string of the molecule is CNc1ccn(C)c(=O)c1C=O. The van der Waals surface area contributed by atoms with Crippen LogP contribution in [-0.4, -0.2) is 17.9 Å². The monoisotopic (exact) mass is 166 g/mol. The topological polar surface area (TPSA) is 51.1 Å². The van der Waals surface area contributed by atoms with E-state index in [0.29, 0.717) is 12.0 Å². The predicted octanol–water partition coefficient (Wildman–Crippen LogP) is 0.240. The highest BCUT2D eigenvalue weighted by molar-refractivity contribution is 5.83. The van der Waals surface area contributed by atoms with Gasteiger partial charge in [0.2, 0.25) is 0 Å². The molecule has 0 amide bonds. The molecule has 4 heteroatoms. The third-order valence-electron chi connectivity index (χ3n) is 1.69. The number of aldehydes is 1. The van der Waals surface area contributed by atoms with E-state index in [0.717, 1.165) is 0 Å². The number of carbonyl (C=O) groups is 1. The van der Waals surface area contributed by atoms with Gasteiger partial charge in [-0.2, -0.15) is 0 Å². The molecule has 0 aromatic carbocycles. The first-order valence-corrected chi connectivity index (χ1v) is 3.53. The molecule has 1 heterocycles. The lowest BCUT2D eigenvalue weighted by Gasteiger charge is -2.04. The molecule has 0 radical (unpaired) electrons. The Balaban J connectivity index is 3.46. The van der Waals surface area contributed by atoms with Gasteiger partial charge in [0.15, 0.2) is 6.29 Å². The van der Waals surface area contributed by atoms with Crippen LogP contribution in [0, 0.1) is 0 Å². The summed E-state index contributed by atoms with van der Waals surface area (Å²) in [4.78, 5) is 21.8. The van der Waals surface area contributed by atoms with Crippen LogP contribution in [0.25, 0.3) is 0 Å². The van der Waals surface area contributed by atoms with Crippen molar-refractivity contribution in [3.05, 3.63) is 28.2 Å². The molecule has 0 fully saturated rings. The van der Waals surface area contributed by atoms with E-state index in [4.69, 9.17) is 0 Å². The van der Waals surface area contributed by atoms with E-state index < -0.39 is 0 Å². The summed E-state index contributed by atoms with van der Waals surface area (Å²) in [6.07, 6.45) is 2.18. The molecule has 1 aromatic heterocycles. The Morgan fingerprint density at radius 3 is 2.75 bits per heavy atom. The highest BCUT2D eigenvalue weighted by atomic mass is 16.1. The zero-order chi connectivity index (χ0) is 9.14. The maximum atomic E-state index is 11.3. The van der Waals surface area contributed by atoms with Gasteiger partial charge in [0.25, 0.3) is 5.56 Å². The lowest BCUT2D eigenvalue weighted by atomic mass is 10.2. The lowest BCUT2D eigenvalue weighted by Crippen LogP contribution is -2.21. The van der Waals surface area contributed by atoms with Crippen molar-refractivity contribution in [3.8, 4) is 0 Å². The van der Waals surface area contributed by atoms with Gasteiger partial charge in [0.05, 0.1) is 5.69 Å². The molecule has 0 aliphatic carbocycles. The average molecular weight is 166 g/mol. The highest BCUT2D eigenvalue weighted by Crippen LogP contribution is 2.05. The van der Waals surface area contributed by atoms with Crippen LogP contribution < -0.4 is 10.9 Å². The zero-order valence-electron chi connectivity index (χ0n) is 7.00. The van der Waals surface area contributed by atoms with Crippen molar-refractivity contribution in [1.82, 2.24) is 4.57 Å². The summed E-state index contributed by atoms with van der Waals surface area (Å²) < 4.78 is 1.37. The minimum Gasteiger partial charge on any atom is -0.387 e. The van der Waals surface area contributed by atoms with Gasteiger partial charge in [-0.15, -0.1) is 0 Å². The summed E-state index contributed by atoms with van der Waals surface area (Å²) in [5.74, 6) is 0. The first-order valence-electron chi connectivity index (χ1n) is 3.53. The van der Waals surface area contributed by atoms with Crippen molar-refractivity contribution in [1.29, 1.82) is 0 Å². The van der Waals surface area contributed by atoms with E-state index >= 15 is 0 Å². The molecule has 0 aliphatic rings. The number of nitrogens with one attached hydrogen (secondary N) is 1. The van der Waals surface area contributed by atoms with Gasteiger partial charge < -0.3 is 9.88 Å². The third kappa shape index (κ3) is 1.23. The van der Waals surface area contributed by atoms with Crippen molar-refractivity contribution in [3.63, 3.8) is 0 Å². The number of hydrogen-bond acceptors (Lipinski definition) is 3. The molecular formula is C8H10N2O2. The van der Waals surface area contributed by atoms with Crippen LogP contribution in [0.1, 0.15) is 10.4 Å². The highest BCUT2D eigenvalue weighted by Gasteiger charge is 2.04. The Morgan fingerprint density at radius 1 is 1.58 bits per heavy atom. The first-order chi connectivity index (χ1) is 5.70. The van der Waals surface area contributed by atoms with Gasteiger partial charge >= 0.3 is 0 Å². The van der Waals surface area contributed by atoms with E-state index in [1.165, 1.54) is 4.57 Å². The number of carbonyl (C=O) groups excluding carboxylic acids is 1. The summed E-state index contributed by atoms with van der Waals surface area (Å²) in [5, 5.41) is 2.77. The standard InChI is InChI=1S/C8H10N2O2/c1-9-7-3-4-10(2)8(12)6(7)5-11/h3-5,9H,1-2H3. The van der Waals surface area contributed by atoms with Crippen LogP contribution in [0.2, 0.25) is 0 Å². The molecule has 12 heavy (non-hydrogen) atoms. The summed E-state index contributed by atoms with van der Waals surface area (Å²) in [6, 6.07) is 1.69.